The van der Waals surface area contributed by atoms with Gasteiger partial charge in [0.05, 0.1) is 25.4 Å². The first-order valence-corrected chi connectivity index (χ1v) is 36.1. The summed E-state index contributed by atoms with van der Waals surface area (Å²) >= 11 is 0. The molecule has 0 saturated carbocycles. The van der Waals surface area contributed by atoms with Gasteiger partial charge in [0.2, 0.25) is 5.91 Å². The smallest absolute Gasteiger partial charge is 0.305 e. The SMILES string of the molecule is CCCCCCCC/C=C\CCCCCCCC(=O)OCCCCCCCCCCCCCCCCCCCCCCCCCCCCCCCCCCC(=O)NC(CO)C(O)/C=C/CCCCCCCCCCCCCCC. The molecule has 0 heterocycles. The van der Waals surface area contributed by atoms with Crippen molar-refractivity contribution in [3.63, 3.8) is 0 Å². The number of rotatable bonds is 68. The third kappa shape index (κ3) is 65.4. The molecule has 2 atom stereocenters. The summed E-state index contributed by atoms with van der Waals surface area (Å²) in [6.07, 6.45) is 87.0. The molecule has 0 aliphatic rings. The molecule has 0 aromatic rings. The largest absolute Gasteiger partial charge is 0.466 e. The summed E-state index contributed by atoms with van der Waals surface area (Å²) in [4.78, 5) is 24.6. The molecule has 2 unspecified atom stereocenters. The van der Waals surface area contributed by atoms with E-state index >= 15 is 0 Å². The Bertz CT molecular complexity index is 1230. The van der Waals surface area contributed by atoms with Crippen LogP contribution in [-0.4, -0.2) is 47.4 Å². The first kappa shape index (κ1) is 77.3. The van der Waals surface area contributed by atoms with Gasteiger partial charge < -0.3 is 20.3 Å². The van der Waals surface area contributed by atoms with Crippen molar-refractivity contribution in [1.29, 1.82) is 0 Å². The number of carbonyl (C=O) groups excluding carboxylic acids is 2. The Labute approximate surface area is 494 Å². The van der Waals surface area contributed by atoms with Crippen molar-refractivity contribution in [3.8, 4) is 0 Å². The van der Waals surface area contributed by atoms with Crippen molar-refractivity contribution in [2.24, 2.45) is 0 Å². The number of hydrogen-bond acceptors (Lipinski definition) is 5. The van der Waals surface area contributed by atoms with Gasteiger partial charge in [-0.25, -0.2) is 0 Å². The summed E-state index contributed by atoms with van der Waals surface area (Å²) < 4.78 is 5.49. The van der Waals surface area contributed by atoms with Gasteiger partial charge in [0.25, 0.3) is 0 Å². The van der Waals surface area contributed by atoms with Crippen LogP contribution in [0.25, 0.3) is 0 Å². The Morgan fingerprint density at radius 3 is 0.899 bits per heavy atom. The van der Waals surface area contributed by atoms with E-state index in [0.717, 1.165) is 44.9 Å². The number of esters is 1. The van der Waals surface area contributed by atoms with E-state index in [1.54, 1.807) is 6.08 Å². The average Bonchev–Trinajstić information content (AvgIpc) is 3.45. The van der Waals surface area contributed by atoms with Crippen molar-refractivity contribution < 1.29 is 24.5 Å². The first-order valence-electron chi connectivity index (χ1n) is 36.1. The molecule has 6 nitrogen and oxygen atoms in total. The predicted molar refractivity (Wildman–Crippen MR) is 347 cm³/mol. The summed E-state index contributed by atoms with van der Waals surface area (Å²) in [7, 11) is 0. The molecule has 0 fully saturated rings. The van der Waals surface area contributed by atoms with Gasteiger partial charge in [-0.05, 0) is 57.8 Å². The molecule has 0 radical (unpaired) electrons. The second kappa shape index (κ2) is 68.8. The van der Waals surface area contributed by atoms with Gasteiger partial charge in [0.1, 0.15) is 0 Å². The summed E-state index contributed by atoms with van der Waals surface area (Å²) in [5, 5.41) is 23.2. The van der Waals surface area contributed by atoms with Crippen LogP contribution in [0.15, 0.2) is 24.3 Å². The average molecular weight is 1110 g/mol. The number of nitrogens with one attached hydrogen (secondary N) is 1. The minimum atomic E-state index is -0.841. The highest BCUT2D eigenvalue weighted by atomic mass is 16.5. The molecule has 0 aliphatic heterocycles. The number of aliphatic hydroxyl groups is 2. The zero-order valence-electron chi connectivity index (χ0n) is 53.6. The van der Waals surface area contributed by atoms with Gasteiger partial charge in [-0.15, -0.1) is 0 Å². The van der Waals surface area contributed by atoms with E-state index in [-0.39, 0.29) is 18.5 Å². The van der Waals surface area contributed by atoms with Gasteiger partial charge in [-0.3, -0.25) is 9.59 Å². The van der Waals surface area contributed by atoms with Crippen LogP contribution in [0.4, 0.5) is 0 Å². The number of allylic oxidation sites excluding steroid dienone is 3. The molecule has 0 aliphatic carbocycles. The lowest BCUT2D eigenvalue weighted by Crippen LogP contribution is -2.45. The predicted octanol–water partition coefficient (Wildman–Crippen LogP) is 23.3. The molecule has 0 rings (SSSR count). The quantitative estimate of drug-likeness (QED) is 0.0320. The van der Waals surface area contributed by atoms with Gasteiger partial charge in [-0.1, -0.05) is 359 Å². The highest BCUT2D eigenvalue weighted by Crippen LogP contribution is 2.19. The Balaban J connectivity index is 3.33. The normalized spacial score (nSPS) is 12.6. The molecule has 468 valence electrons. The second-order valence-corrected chi connectivity index (χ2v) is 24.9. The summed E-state index contributed by atoms with van der Waals surface area (Å²) in [6.45, 7) is 4.93. The molecule has 1 amide bonds. The highest BCUT2D eigenvalue weighted by molar-refractivity contribution is 5.76. The van der Waals surface area contributed by atoms with Crippen molar-refractivity contribution in [2.75, 3.05) is 13.2 Å². The maximum absolute atomic E-state index is 12.5. The Morgan fingerprint density at radius 1 is 0.342 bits per heavy atom. The van der Waals surface area contributed by atoms with E-state index in [1.165, 1.54) is 334 Å². The molecule has 0 bridgehead atoms. The lowest BCUT2D eigenvalue weighted by molar-refractivity contribution is -0.143. The number of unbranched alkanes of at least 4 members (excludes halogenated alkanes) is 55. The van der Waals surface area contributed by atoms with Gasteiger partial charge >= 0.3 is 5.97 Å². The zero-order chi connectivity index (χ0) is 57.1. The summed E-state index contributed by atoms with van der Waals surface area (Å²) in [5.41, 5.74) is 0. The molecule has 0 saturated heterocycles. The fourth-order valence-corrected chi connectivity index (χ4v) is 11.5. The molecular weight excluding hydrogens is 971 g/mol. The molecule has 0 aromatic heterocycles. The lowest BCUT2D eigenvalue weighted by atomic mass is 10.0. The van der Waals surface area contributed by atoms with Crippen molar-refractivity contribution in [1.82, 2.24) is 5.32 Å². The molecular formula is C73H141NO5. The van der Waals surface area contributed by atoms with E-state index in [4.69, 9.17) is 4.74 Å². The molecule has 6 heteroatoms. The molecule has 3 N–H and O–H groups in total. The van der Waals surface area contributed by atoms with Gasteiger partial charge in [-0.2, -0.15) is 0 Å². The Morgan fingerprint density at radius 2 is 0.595 bits per heavy atom. The summed E-state index contributed by atoms with van der Waals surface area (Å²) in [6, 6.07) is -0.624. The van der Waals surface area contributed by atoms with Gasteiger partial charge in [0.15, 0.2) is 0 Å². The van der Waals surface area contributed by atoms with Gasteiger partial charge in [0, 0.05) is 12.8 Å². The fourth-order valence-electron chi connectivity index (χ4n) is 11.5. The van der Waals surface area contributed by atoms with Crippen LogP contribution in [0.3, 0.4) is 0 Å². The number of aliphatic hydroxyl groups excluding tert-OH is 2. The van der Waals surface area contributed by atoms with Crippen molar-refractivity contribution in [2.45, 2.75) is 418 Å². The van der Waals surface area contributed by atoms with E-state index < -0.39 is 12.1 Å². The Kier molecular flexibility index (Phi) is 67.4. The molecule has 0 aromatic carbocycles. The highest BCUT2D eigenvalue weighted by Gasteiger charge is 2.18. The minimum Gasteiger partial charge on any atom is -0.466 e. The lowest BCUT2D eigenvalue weighted by Gasteiger charge is -2.20. The standard InChI is InChI=1S/C73H141NO5/c1-3-5-7-9-11-13-15-17-37-41-45-49-53-57-61-65-71(76)70(69-75)74-72(77)66-62-58-54-50-46-42-39-35-33-31-29-27-25-23-21-19-20-22-24-26-28-30-32-34-36-40-44-48-52-56-60-64-68-79-73(78)67-63-59-55-51-47-43-38-18-16-14-12-10-8-6-4-2/h18,38,61,65,70-71,75-76H,3-17,19-37,39-60,62-64,66-69H2,1-2H3,(H,74,77)/b38-18-,65-61+. The fraction of sp³-hybridized carbons (Fsp3) is 0.918. The van der Waals surface area contributed by atoms with Crippen LogP contribution in [-0.2, 0) is 14.3 Å². The van der Waals surface area contributed by atoms with Crippen LogP contribution >= 0.6 is 0 Å². The minimum absolute atomic E-state index is 0.0136. The monoisotopic (exact) mass is 1110 g/mol. The molecule has 79 heavy (non-hydrogen) atoms. The van der Waals surface area contributed by atoms with E-state index in [2.05, 4.69) is 31.3 Å². The number of ether oxygens (including phenoxy) is 1. The number of hydrogen-bond donors (Lipinski definition) is 3. The Hall–Kier alpha value is -1.66. The third-order valence-electron chi connectivity index (χ3n) is 17.0. The topological polar surface area (TPSA) is 95.9 Å². The third-order valence-corrected chi connectivity index (χ3v) is 17.0. The second-order valence-electron chi connectivity index (χ2n) is 24.9. The van der Waals surface area contributed by atoms with Crippen LogP contribution in [0.2, 0.25) is 0 Å². The van der Waals surface area contributed by atoms with E-state index in [9.17, 15) is 19.8 Å². The first-order chi connectivity index (χ1) is 39.0. The van der Waals surface area contributed by atoms with E-state index in [0.29, 0.717) is 19.4 Å². The molecule has 0 spiro atoms. The maximum Gasteiger partial charge on any atom is 0.305 e. The van der Waals surface area contributed by atoms with Crippen molar-refractivity contribution >= 4 is 11.9 Å². The van der Waals surface area contributed by atoms with Crippen molar-refractivity contribution in [3.05, 3.63) is 24.3 Å². The van der Waals surface area contributed by atoms with Crippen LogP contribution in [0.5, 0.6) is 0 Å². The maximum atomic E-state index is 12.5. The zero-order valence-corrected chi connectivity index (χ0v) is 53.6. The summed E-state index contributed by atoms with van der Waals surface area (Å²) in [5.74, 6) is -0.0472. The number of carbonyl (C=O) groups is 2. The van der Waals surface area contributed by atoms with Crippen LogP contribution < -0.4 is 5.32 Å². The number of amides is 1. The van der Waals surface area contributed by atoms with Crippen LogP contribution in [0.1, 0.15) is 406 Å². The van der Waals surface area contributed by atoms with E-state index in [1.807, 2.05) is 6.08 Å². The van der Waals surface area contributed by atoms with Crippen LogP contribution in [0, 0.1) is 0 Å².